The topological polar surface area (TPSA) is 41.5 Å². The molecular formula is C12H16ClIN2OS. The van der Waals surface area contributed by atoms with Gasteiger partial charge in [-0.3, -0.25) is 9.79 Å². The zero-order chi connectivity index (χ0) is 12.7. The first-order valence-corrected chi connectivity index (χ1v) is 6.93. The van der Waals surface area contributed by atoms with Crippen molar-refractivity contribution in [1.82, 2.24) is 5.32 Å². The molecule has 0 aliphatic carbocycles. The Morgan fingerprint density at radius 2 is 2.00 bits per heavy atom. The Balaban J connectivity index is 0.00000289. The van der Waals surface area contributed by atoms with Crippen LogP contribution in [0, 0.1) is 0 Å². The Morgan fingerprint density at radius 3 is 2.50 bits per heavy atom. The van der Waals surface area contributed by atoms with Crippen molar-refractivity contribution in [1.29, 1.82) is 0 Å². The molecule has 0 saturated heterocycles. The minimum absolute atomic E-state index is 0. The molecule has 1 aromatic rings. The molecule has 18 heavy (non-hydrogen) atoms. The van der Waals surface area contributed by atoms with Gasteiger partial charge >= 0.3 is 0 Å². The number of aliphatic imine (C=N–C) groups is 1. The number of carbonyl (C=O) groups is 1. The van der Waals surface area contributed by atoms with Crippen LogP contribution in [-0.2, 0) is 0 Å². The number of hydrogen-bond acceptors (Lipinski definition) is 3. The van der Waals surface area contributed by atoms with Crippen molar-refractivity contribution < 1.29 is 4.79 Å². The molecule has 0 unspecified atom stereocenters. The second-order valence-corrected chi connectivity index (χ2v) is 4.58. The Morgan fingerprint density at radius 1 is 1.39 bits per heavy atom. The van der Waals surface area contributed by atoms with Crippen LogP contribution < -0.4 is 5.32 Å². The lowest BCUT2D eigenvalue weighted by Crippen LogP contribution is -2.28. The molecule has 100 valence electrons. The number of rotatable bonds is 3. The molecular weight excluding hydrogens is 383 g/mol. The number of thioether (sulfide) groups is 1. The van der Waals surface area contributed by atoms with Gasteiger partial charge in [0.15, 0.2) is 5.17 Å². The maximum absolute atomic E-state index is 11.8. The average molecular weight is 399 g/mol. The molecule has 0 spiro atoms. The lowest BCUT2D eigenvalue weighted by Gasteiger charge is -2.06. The molecule has 1 amide bonds. The number of benzene rings is 1. The molecule has 1 aromatic carbocycles. The molecule has 1 N–H and O–H groups in total. The van der Waals surface area contributed by atoms with Gasteiger partial charge in [0.25, 0.3) is 5.91 Å². The largest absolute Gasteiger partial charge is 0.301 e. The van der Waals surface area contributed by atoms with E-state index in [4.69, 9.17) is 11.6 Å². The van der Waals surface area contributed by atoms with E-state index in [2.05, 4.69) is 10.3 Å². The minimum Gasteiger partial charge on any atom is -0.301 e. The van der Waals surface area contributed by atoms with Crippen LogP contribution in [0.2, 0.25) is 5.02 Å². The summed E-state index contributed by atoms with van der Waals surface area (Å²) in [5.74, 6) is -0.161. The highest BCUT2D eigenvalue weighted by molar-refractivity contribution is 14.0. The van der Waals surface area contributed by atoms with Crippen LogP contribution in [-0.4, -0.2) is 23.9 Å². The van der Waals surface area contributed by atoms with Crippen molar-refractivity contribution in [3.63, 3.8) is 0 Å². The molecule has 1 rings (SSSR count). The number of amidine groups is 1. The minimum atomic E-state index is -0.161. The predicted octanol–water partition coefficient (Wildman–Crippen LogP) is 3.82. The van der Waals surface area contributed by atoms with E-state index < -0.39 is 0 Å². The van der Waals surface area contributed by atoms with Crippen molar-refractivity contribution in [2.75, 3.05) is 12.8 Å². The van der Waals surface area contributed by atoms with Gasteiger partial charge in [-0.15, -0.1) is 24.0 Å². The fraction of sp³-hybridized carbons (Fsp3) is 0.333. The van der Waals surface area contributed by atoms with E-state index in [1.165, 1.54) is 11.8 Å². The second-order valence-electron chi connectivity index (χ2n) is 3.35. The highest BCUT2D eigenvalue weighted by Crippen LogP contribution is 2.09. The summed E-state index contributed by atoms with van der Waals surface area (Å²) in [6.45, 7) is 2.76. The van der Waals surface area contributed by atoms with Gasteiger partial charge in [-0.1, -0.05) is 30.3 Å². The maximum Gasteiger partial charge on any atom is 0.257 e. The second kappa shape index (κ2) is 9.63. The van der Waals surface area contributed by atoms with Crippen LogP contribution >= 0.6 is 47.3 Å². The third-order valence-corrected chi connectivity index (χ3v) is 2.87. The quantitative estimate of drug-likeness (QED) is 0.478. The van der Waals surface area contributed by atoms with E-state index in [9.17, 15) is 4.79 Å². The third kappa shape index (κ3) is 6.06. The number of nitrogens with zero attached hydrogens (tertiary/aromatic N) is 1. The highest BCUT2D eigenvalue weighted by Gasteiger charge is 2.07. The summed E-state index contributed by atoms with van der Waals surface area (Å²) in [6.07, 6.45) is 2.84. The lowest BCUT2D eigenvalue weighted by molar-refractivity contribution is 0.0978. The molecule has 0 atom stereocenters. The molecule has 0 heterocycles. The van der Waals surface area contributed by atoms with E-state index in [-0.39, 0.29) is 29.9 Å². The fourth-order valence-corrected chi connectivity index (χ4v) is 1.68. The summed E-state index contributed by atoms with van der Waals surface area (Å²) in [5, 5.41) is 4.03. The fourth-order valence-electron chi connectivity index (χ4n) is 1.14. The van der Waals surface area contributed by atoms with Crippen molar-refractivity contribution in [3.05, 3.63) is 34.9 Å². The van der Waals surface area contributed by atoms with Crippen molar-refractivity contribution >= 4 is 58.4 Å². The van der Waals surface area contributed by atoms with Crippen LogP contribution in [0.25, 0.3) is 0 Å². The molecule has 0 radical (unpaired) electrons. The van der Waals surface area contributed by atoms with Crippen LogP contribution in [0.3, 0.4) is 0 Å². The summed E-state index contributed by atoms with van der Waals surface area (Å²) in [6, 6.07) is 6.77. The van der Waals surface area contributed by atoms with E-state index in [1.54, 1.807) is 24.3 Å². The summed E-state index contributed by atoms with van der Waals surface area (Å²) in [4.78, 5) is 16.1. The zero-order valence-electron chi connectivity index (χ0n) is 10.3. The van der Waals surface area contributed by atoms with Crippen LogP contribution in [0.5, 0.6) is 0 Å². The van der Waals surface area contributed by atoms with Crippen molar-refractivity contribution in [2.45, 2.75) is 13.3 Å². The van der Waals surface area contributed by atoms with Crippen LogP contribution in [0.4, 0.5) is 0 Å². The number of nitrogens with one attached hydrogen (secondary N) is 1. The van der Waals surface area contributed by atoms with E-state index >= 15 is 0 Å². The van der Waals surface area contributed by atoms with Crippen LogP contribution in [0.1, 0.15) is 23.7 Å². The monoisotopic (exact) mass is 398 g/mol. The van der Waals surface area contributed by atoms with Gasteiger partial charge in [-0.05, 0) is 36.9 Å². The predicted molar refractivity (Wildman–Crippen MR) is 90.4 cm³/mol. The first kappa shape index (κ1) is 17.7. The van der Waals surface area contributed by atoms with Gasteiger partial charge in [0.05, 0.1) is 0 Å². The summed E-state index contributed by atoms with van der Waals surface area (Å²) in [5.41, 5.74) is 0.577. The molecule has 3 nitrogen and oxygen atoms in total. The smallest absolute Gasteiger partial charge is 0.257 e. The van der Waals surface area contributed by atoms with Crippen molar-refractivity contribution in [3.8, 4) is 0 Å². The first-order chi connectivity index (χ1) is 8.17. The van der Waals surface area contributed by atoms with E-state index in [1.807, 2.05) is 13.2 Å². The average Bonchev–Trinajstić information content (AvgIpc) is 2.35. The molecule has 0 aliphatic rings. The number of halogens is 2. The van der Waals surface area contributed by atoms with Crippen LogP contribution in [0.15, 0.2) is 29.3 Å². The summed E-state index contributed by atoms with van der Waals surface area (Å²) in [7, 11) is 0. The zero-order valence-corrected chi connectivity index (χ0v) is 14.2. The van der Waals surface area contributed by atoms with Gasteiger partial charge < -0.3 is 5.32 Å². The molecule has 0 aliphatic heterocycles. The summed E-state index contributed by atoms with van der Waals surface area (Å²) < 4.78 is 0. The number of amides is 1. The van der Waals surface area contributed by atoms with Gasteiger partial charge in [-0.2, -0.15) is 0 Å². The third-order valence-electron chi connectivity index (χ3n) is 2.00. The number of hydrogen-bond donors (Lipinski definition) is 1. The van der Waals surface area contributed by atoms with Gasteiger partial charge in [-0.25, -0.2) is 0 Å². The molecule has 6 heteroatoms. The first-order valence-electron chi connectivity index (χ1n) is 5.32. The molecule has 0 saturated carbocycles. The van der Waals surface area contributed by atoms with Gasteiger partial charge in [0.2, 0.25) is 0 Å². The Labute approximate surface area is 134 Å². The molecule has 0 aromatic heterocycles. The van der Waals surface area contributed by atoms with Gasteiger partial charge in [0.1, 0.15) is 0 Å². The molecule has 0 fully saturated rings. The standard InChI is InChI=1S/C12H15ClN2OS.HI/c1-3-8-14-12(17-2)15-11(16)9-4-6-10(13)7-5-9;/h4-7H,3,8H2,1-2H3,(H,14,15,16);1H. The Hall–Kier alpha value is -0.270. The van der Waals surface area contributed by atoms with E-state index in [0.717, 1.165) is 13.0 Å². The van der Waals surface area contributed by atoms with Gasteiger partial charge in [0, 0.05) is 17.1 Å². The Bertz CT molecular complexity index is 409. The lowest BCUT2D eigenvalue weighted by atomic mass is 10.2. The van der Waals surface area contributed by atoms with E-state index in [0.29, 0.717) is 15.8 Å². The summed E-state index contributed by atoms with van der Waals surface area (Å²) >= 11 is 7.19. The highest BCUT2D eigenvalue weighted by atomic mass is 127. The van der Waals surface area contributed by atoms with Crippen molar-refractivity contribution in [2.24, 2.45) is 4.99 Å². The maximum atomic E-state index is 11.8. The SMILES string of the molecule is CCCN=C(NC(=O)c1ccc(Cl)cc1)SC.I. The number of carbonyl (C=O) groups excluding carboxylic acids is 1. The Kier molecular flexibility index (Phi) is 9.49. The molecule has 0 bridgehead atoms. The normalized spacial score (nSPS) is 10.7.